The molecule has 0 saturated carbocycles. The summed E-state index contributed by atoms with van der Waals surface area (Å²) in [6.45, 7) is 23.9. The van der Waals surface area contributed by atoms with Crippen LogP contribution in [0.25, 0.3) is 0 Å². The molecule has 0 aliphatic heterocycles. The Morgan fingerprint density at radius 2 is 1.31 bits per heavy atom. The molecule has 1 aromatic carbocycles. The zero-order valence-electron chi connectivity index (χ0n) is 19.0. The molecule has 26 heavy (non-hydrogen) atoms. The first-order valence-corrected chi connectivity index (χ1v) is 10.2. The standard InChI is InChI=1S/C10H18.C8H6S.C3H6.2C2H6/c1-5-9(3)7-8-10(4)6-2;1-7-4-2-3-5-8(7)6-9;1-3-2;2*1-2/h7-8H,5-6H2,1-4H3;4-6H,1H3;3H,1H2,2H3;2*1-2H3/b9-7+,10-8+;;;;. The molecule has 0 radical (unpaired) electrons. The number of allylic oxidation sites excluding steroid dienone is 5. The molecule has 148 valence electrons. The van der Waals surface area contributed by atoms with Gasteiger partial charge in [0.25, 0.3) is 0 Å². The normalized spacial score (nSPS) is 9.15. The zero-order chi connectivity index (χ0) is 21.4. The van der Waals surface area contributed by atoms with Gasteiger partial charge in [-0.25, -0.2) is 0 Å². The van der Waals surface area contributed by atoms with Crippen molar-refractivity contribution in [2.45, 2.75) is 82.1 Å². The average Bonchev–Trinajstić information content (AvgIpc) is 2.70. The van der Waals surface area contributed by atoms with E-state index in [2.05, 4.69) is 58.6 Å². The predicted octanol–water partition coefficient (Wildman–Crippen LogP) is 8.89. The lowest BCUT2D eigenvalue weighted by atomic mass is 10.1. The van der Waals surface area contributed by atoms with Crippen molar-refractivity contribution in [2.24, 2.45) is 0 Å². The van der Waals surface area contributed by atoms with Gasteiger partial charge in [0.2, 0.25) is 0 Å². The second kappa shape index (κ2) is 28.2. The Kier molecular flexibility index (Phi) is 34.7. The zero-order valence-corrected chi connectivity index (χ0v) is 19.8. The Morgan fingerprint density at radius 3 is 1.54 bits per heavy atom. The minimum absolute atomic E-state index is 1.06. The number of aryl methyl sites for hydroxylation is 1. The lowest BCUT2D eigenvalue weighted by molar-refractivity contribution is 1.08. The van der Waals surface area contributed by atoms with Gasteiger partial charge in [-0.2, -0.15) is 0 Å². The van der Waals surface area contributed by atoms with E-state index in [0.29, 0.717) is 0 Å². The van der Waals surface area contributed by atoms with Crippen molar-refractivity contribution in [3.8, 4) is 0 Å². The van der Waals surface area contributed by atoms with Crippen LogP contribution in [0.2, 0.25) is 0 Å². The molecular weight excluding hydrogens is 332 g/mol. The van der Waals surface area contributed by atoms with Crippen LogP contribution in [0.15, 0.2) is 48.1 Å². The van der Waals surface area contributed by atoms with E-state index in [4.69, 9.17) is 12.2 Å². The van der Waals surface area contributed by atoms with E-state index in [-0.39, 0.29) is 0 Å². The first-order chi connectivity index (χ1) is 12.5. The van der Waals surface area contributed by atoms with Gasteiger partial charge in [0.15, 0.2) is 0 Å². The van der Waals surface area contributed by atoms with Crippen LogP contribution in [0.5, 0.6) is 0 Å². The van der Waals surface area contributed by atoms with Gasteiger partial charge in [0.05, 0.1) is 0 Å². The lowest BCUT2D eigenvalue weighted by Gasteiger charge is -1.92. The molecule has 0 spiro atoms. The van der Waals surface area contributed by atoms with Gasteiger partial charge in [-0.1, -0.05) is 95.3 Å². The van der Waals surface area contributed by atoms with Crippen molar-refractivity contribution in [1.82, 2.24) is 0 Å². The molecular formula is C25H42S. The highest BCUT2D eigenvalue weighted by atomic mass is 32.1. The minimum Gasteiger partial charge on any atom is -0.103 e. The third-order valence-corrected chi connectivity index (χ3v) is 3.20. The van der Waals surface area contributed by atoms with E-state index in [9.17, 15) is 0 Å². The van der Waals surface area contributed by atoms with Crippen LogP contribution < -0.4 is 0 Å². The van der Waals surface area contributed by atoms with Crippen LogP contribution in [-0.2, 0) is 0 Å². The van der Waals surface area contributed by atoms with E-state index in [1.165, 1.54) is 11.1 Å². The van der Waals surface area contributed by atoms with E-state index in [0.717, 1.165) is 24.0 Å². The highest BCUT2D eigenvalue weighted by molar-refractivity contribution is 7.79. The van der Waals surface area contributed by atoms with E-state index < -0.39 is 0 Å². The van der Waals surface area contributed by atoms with Crippen molar-refractivity contribution >= 4 is 17.6 Å². The second-order valence-electron chi connectivity index (χ2n) is 4.97. The van der Waals surface area contributed by atoms with E-state index in [1.54, 1.807) is 11.4 Å². The Morgan fingerprint density at radius 1 is 0.962 bits per heavy atom. The van der Waals surface area contributed by atoms with Gasteiger partial charge in [-0.3, -0.25) is 0 Å². The van der Waals surface area contributed by atoms with Crippen molar-refractivity contribution < 1.29 is 0 Å². The fourth-order valence-electron chi connectivity index (χ4n) is 1.11. The molecule has 1 heteroatoms. The van der Waals surface area contributed by atoms with Gasteiger partial charge < -0.3 is 0 Å². The summed E-state index contributed by atoms with van der Waals surface area (Å²) in [6, 6.07) is 9.38. The van der Waals surface area contributed by atoms with Crippen LogP contribution >= 0.6 is 12.2 Å². The quantitative estimate of drug-likeness (QED) is 0.288. The molecule has 0 atom stereocenters. The predicted molar refractivity (Wildman–Crippen MR) is 128 cm³/mol. The van der Waals surface area contributed by atoms with Crippen LogP contribution in [0, 0.1) is 19.1 Å². The maximum Gasteiger partial charge on any atom is 0.00954 e. The van der Waals surface area contributed by atoms with Gasteiger partial charge >= 0.3 is 0 Å². The molecule has 0 bridgehead atoms. The smallest absolute Gasteiger partial charge is 0.00954 e. The maximum absolute atomic E-state index is 4.75. The van der Waals surface area contributed by atoms with Gasteiger partial charge in [-0.15, -0.1) is 6.58 Å². The molecule has 0 aliphatic carbocycles. The summed E-state index contributed by atoms with van der Waals surface area (Å²) in [5.41, 5.74) is 5.12. The topological polar surface area (TPSA) is 0 Å². The molecule has 0 aromatic heterocycles. The first-order valence-electron chi connectivity index (χ1n) is 9.70. The monoisotopic (exact) mass is 374 g/mol. The first kappa shape index (κ1) is 32.1. The Labute approximate surface area is 171 Å². The molecule has 1 rings (SSSR count). The van der Waals surface area contributed by atoms with Crippen LogP contribution in [0.4, 0.5) is 0 Å². The van der Waals surface area contributed by atoms with Gasteiger partial charge in [0, 0.05) is 5.37 Å². The summed E-state index contributed by atoms with van der Waals surface area (Å²) in [5, 5.41) is 1.65. The van der Waals surface area contributed by atoms with Crippen LogP contribution in [-0.4, -0.2) is 5.37 Å². The molecule has 0 amide bonds. The number of hydrogen-bond acceptors (Lipinski definition) is 1. The SMILES string of the molecule is C=CC.CC.CC.CC/C(C)=C/C=C(\C)CC.Cc1cc#ccc1C=S. The van der Waals surface area contributed by atoms with Crippen molar-refractivity contribution in [3.63, 3.8) is 0 Å². The fourth-order valence-corrected chi connectivity index (χ4v) is 1.37. The van der Waals surface area contributed by atoms with Crippen molar-refractivity contribution in [2.75, 3.05) is 0 Å². The molecule has 0 unspecified atom stereocenters. The van der Waals surface area contributed by atoms with Gasteiger partial charge in [0.1, 0.15) is 0 Å². The molecule has 0 saturated heterocycles. The molecule has 0 nitrogen and oxygen atoms in total. The molecule has 0 fully saturated rings. The highest BCUT2D eigenvalue weighted by Crippen LogP contribution is 2.02. The minimum atomic E-state index is 1.06. The Balaban J connectivity index is -0.000000139. The summed E-state index contributed by atoms with van der Waals surface area (Å²) in [4.78, 5) is 0. The van der Waals surface area contributed by atoms with Crippen molar-refractivity contribution in [3.05, 3.63) is 71.3 Å². The number of rotatable bonds is 4. The molecule has 1 aromatic rings. The summed E-state index contributed by atoms with van der Waals surface area (Å²) >= 11 is 4.75. The molecule has 0 aliphatic rings. The third-order valence-electron chi connectivity index (χ3n) is 2.95. The summed E-state index contributed by atoms with van der Waals surface area (Å²) in [5.74, 6) is 0. The molecule has 0 heterocycles. The highest BCUT2D eigenvalue weighted by Gasteiger charge is 1.87. The number of thiocarbonyl (C=S) groups is 1. The number of hydrogen-bond donors (Lipinski definition) is 0. The van der Waals surface area contributed by atoms with Gasteiger partial charge in [-0.05, 0) is 63.8 Å². The van der Waals surface area contributed by atoms with Crippen LogP contribution in [0.3, 0.4) is 0 Å². The maximum atomic E-state index is 4.75. The van der Waals surface area contributed by atoms with E-state index in [1.807, 2.05) is 53.7 Å². The van der Waals surface area contributed by atoms with Crippen LogP contribution in [0.1, 0.15) is 86.3 Å². The average molecular weight is 375 g/mol. The third kappa shape index (κ3) is 24.6. The van der Waals surface area contributed by atoms with E-state index >= 15 is 0 Å². The summed E-state index contributed by atoms with van der Waals surface area (Å²) in [7, 11) is 0. The molecule has 0 N–H and O–H groups in total. The van der Waals surface area contributed by atoms with Crippen molar-refractivity contribution in [1.29, 1.82) is 0 Å². The largest absolute Gasteiger partial charge is 0.103 e. The fraction of sp³-hybridized carbons (Fsp3) is 0.480. The lowest BCUT2D eigenvalue weighted by Crippen LogP contribution is -1.80. The second-order valence-corrected chi connectivity index (χ2v) is 5.21. The Bertz CT molecular complexity index is 461. The summed E-state index contributed by atoms with van der Waals surface area (Å²) in [6.07, 6.45) is 8.48. The Hall–Kier alpha value is -1.65. The summed E-state index contributed by atoms with van der Waals surface area (Å²) < 4.78 is 0.